The van der Waals surface area contributed by atoms with E-state index in [1.165, 1.54) is 5.75 Å². The molecular formula is C9H9ClOS. The Morgan fingerprint density at radius 1 is 1.42 bits per heavy atom. The van der Waals surface area contributed by atoms with Crippen molar-refractivity contribution < 1.29 is 4.74 Å². The molecule has 0 N–H and O–H groups in total. The van der Waals surface area contributed by atoms with Gasteiger partial charge in [0.05, 0.1) is 0 Å². The molecule has 1 aromatic rings. The molecule has 2 rings (SSSR count). The summed E-state index contributed by atoms with van der Waals surface area (Å²) in [6.45, 7) is 0.826. The second-order valence-corrected chi connectivity index (χ2v) is 4.49. The van der Waals surface area contributed by atoms with Gasteiger partial charge in [-0.2, -0.15) is 11.8 Å². The number of halogens is 1. The van der Waals surface area contributed by atoms with E-state index in [0.717, 1.165) is 22.6 Å². The third kappa shape index (κ3) is 2.32. The fourth-order valence-electron chi connectivity index (χ4n) is 0.884. The van der Waals surface area contributed by atoms with Crippen LogP contribution in [0.3, 0.4) is 0 Å². The SMILES string of the molecule is Clc1ccc(OC[C@@H]2CS2)cc1. The monoisotopic (exact) mass is 200 g/mol. The lowest BCUT2D eigenvalue weighted by molar-refractivity contribution is 0.330. The van der Waals surface area contributed by atoms with Crippen LogP contribution in [0.15, 0.2) is 24.3 Å². The molecule has 1 saturated heterocycles. The average molecular weight is 201 g/mol. The highest BCUT2D eigenvalue weighted by molar-refractivity contribution is 8.06. The molecule has 0 saturated carbocycles. The van der Waals surface area contributed by atoms with Crippen LogP contribution in [0, 0.1) is 0 Å². The van der Waals surface area contributed by atoms with Gasteiger partial charge in [0, 0.05) is 16.0 Å². The first kappa shape index (κ1) is 8.27. The molecule has 0 aliphatic carbocycles. The predicted octanol–water partition coefficient (Wildman–Crippen LogP) is 2.83. The summed E-state index contributed by atoms with van der Waals surface area (Å²) >= 11 is 7.67. The van der Waals surface area contributed by atoms with E-state index < -0.39 is 0 Å². The van der Waals surface area contributed by atoms with Crippen molar-refractivity contribution in [1.29, 1.82) is 0 Å². The van der Waals surface area contributed by atoms with Crippen LogP contribution in [0.4, 0.5) is 0 Å². The van der Waals surface area contributed by atoms with E-state index in [0.29, 0.717) is 0 Å². The molecule has 1 fully saturated rings. The van der Waals surface area contributed by atoms with Crippen molar-refractivity contribution in [1.82, 2.24) is 0 Å². The summed E-state index contributed by atoms with van der Waals surface area (Å²) in [5.74, 6) is 2.15. The molecule has 0 unspecified atom stereocenters. The maximum Gasteiger partial charge on any atom is 0.119 e. The van der Waals surface area contributed by atoms with Crippen molar-refractivity contribution in [3.63, 3.8) is 0 Å². The molecule has 0 aromatic heterocycles. The zero-order valence-electron chi connectivity index (χ0n) is 6.50. The zero-order valence-corrected chi connectivity index (χ0v) is 8.07. The maximum absolute atomic E-state index is 5.73. The van der Waals surface area contributed by atoms with Crippen LogP contribution >= 0.6 is 23.4 Å². The first-order valence-corrected chi connectivity index (χ1v) is 5.27. The Morgan fingerprint density at radius 3 is 2.67 bits per heavy atom. The molecule has 3 heteroatoms. The fourth-order valence-corrected chi connectivity index (χ4v) is 1.41. The minimum absolute atomic E-state index is 0.723. The van der Waals surface area contributed by atoms with Gasteiger partial charge in [-0.25, -0.2) is 0 Å². The Morgan fingerprint density at radius 2 is 2.08 bits per heavy atom. The number of benzene rings is 1. The Labute approximate surface area is 81.1 Å². The van der Waals surface area contributed by atoms with Crippen molar-refractivity contribution >= 4 is 23.4 Å². The molecule has 64 valence electrons. The molecule has 1 aliphatic heterocycles. The van der Waals surface area contributed by atoms with Crippen LogP contribution in [-0.4, -0.2) is 17.6 Å². The van der Waals surface area contributed by atoms with Gasteiger partial charge in [0.25, 0.3) is 0 Å². The summed E-state index contributed by atoms with van der Waals surface area (Å²) in [7, 11) is 0. The molecule has 12 heavy (non-hydrogen) atoms. The van der Waals surface area contributed by atoms with Gasteiger partial charge in [0.2, 0.25) is 0 Å². The quantitative estimate of drug-likeness (QED) is 0.694. The van der Waals surface area contributed by atoms with Crippen molar-refractivity contribution in [2.24, 2.45) is 0 Å². The molecular weight excluding hydrogens is 192 g/mol. The summed E-state index contributed by atoms with van der Waals surface area (Å²) in [6.07, 6.45) is 0. The van der Waals surface area contributed by atoms with Gasteiger partial charge in [0.1, 0.15) is 12.4 Å². The Bertz CT molecular complexity index is 256. The lowest BCUT2D eigenvalue weighted by Crippen LogP contribution is -2.02. The van der Waals surface area contributed by atoms with Crippen LogP contribution in [0.25, 0.3) is 0 Å². The highest BCUT2D eigenvalue weighted by Crippen LogP contribution is 2.30. The Kier molecular flexibility index (Phi) is 2.47. The van der Waals surface area contributed by atoms with E-state index in [2.05, 4.69) is 0 Å². The molecule has 0 radical (unpaired) electrons. The Balaban J connectivity index is 1.89. The third-order valence-electron chi connectivity index (χ3n) is 1.65. The van der Waals surface area contributed by atoms with Gasteiger partial charge >= 0.3 is 0 Å². The molecule has 0 bridgehead atoms. The highest BCUT2D eigenvalue weighted by Gasteiger charge is 2.22. The fraction of sp³-hybridized carbons (Fsp3) is 0.333. The van der Waals surface area contributed by atoms with Gasteiger partial charge in [-0.3, -0.25) is 0 Å². The summed E-state index contributed by atoms with van der Waals surface area (Å²) in [4.78, 5) is 0. The van der Waals surface area contributed by atoms with E-state index in [4.69, 9.17) is 16.3 Å². The maximum atomic E-state index is 5.73. The van der Waals surface area contributed by atoms with E-state index >= 15 is 0 Å². The first-order valence-electron chi connectivity index (χ1n) is 3.84. The second-order valence-electron chi connectivity index (χ2n) is 2.72. The molecule has 0 spiro atoms. The number of thioether (sulfide) groups is 1. The zero-order chi connectivity index (χ0) is 8.39. The van der Waals surface area contributed by atoms with Gasteiger partial charge < -0.3 is 4.74 Å². The minimum atomic E-state index is 0.723. The normalized spacial score (nSPS) is 20.6. The van der Waals surface area contributed by atoms with E-state index in [1.54, 1.807) is 0 Å². The summed E-state index contributed by atoms with van der Waals surface area (Å²) in [5, 5.41) is 1.48. The molecule has 0 amide bonds. The van der Waals surface area contributed by atoms with Crippen LogP contribution in [-0.2, 0) is 0 Å². The standard InChI is InChI=1S/C9H9ClOS/c10-7-1-3-8(4-2-7)11-5-9-6-12-9/h1-4,9H,5-6H2/t9-/m1/s1. The van der Waals surface area contributed by atoms with Crippen molar-refractivity contribution in [3.8, 4) is 5.75 Å². The largest absolute Gasteiger partial charge is 0.492 e. The van der Waals surface area contributed by atoms with E-state index in [1.807, 2.05) is 36.0 Å². The van der Waals surface area contributed by atoms with Crippen LogP contribution in [0.1, 0.15) is 0 Å². The predicted molar refractivity (Wildman–Crippen MR) is 53.2 cm³/mol. The minimum Gasteiger partial charge on any atom is -0.492 e. The molecule has 1 aliphatic rings. The number of ether oxygens (including phenoxy) is 1. The molecule has 1 heterocycles. The van der Waals surface area contributed by atoms with Crippen molar-refractivity contribution in [2.75, 3.05) is 12.4 Å². The smallest absolute Gasteiger partial charge is 0.119 e. The number of rotatable bonds is 3. The van der Waals surface area contributed by atoms with Crippen LogP contribution < -0.4 is 4.74 Å². The lowest BCUT2D eigenvalue weighted by Gasteiger charge is -2.03. The first-order chi connectivity index (χ1) is 5.84. The summed E-state index contributed by atoms with van der Waals surface area (Å²) in [5.41, 5.74) is 0. The van der Waals surface area contributed by atoms with Crippen molar-refractivity contribution in [2.45, 2.75) is 5.25 Å². The summed E-state index contributed by atoms with van der Waals surface area (Å²) < 4.78 is 5.51. The van der Waals surface area contributed by atoms with Crippen molar-refractivity contribution in [3.05, 3.63) is 29.3 Å². The Hall–Kier alpha value is -0.340. The van der Waals surface area contributed by atoms with Crippen LogP contribution in [0.5, 0.6) is 5.75 Å². The summed E-state index contributed by atoms with van der Waals surface area (Å²) in [6, 6.07) is 7.48. The molecule has 1 atom stereocenters. The number of hydrogen-bond acceptors (Lipinski definition) is 2. The highest BCUT2D eigenvalue weighted by atomic mass is 35.5. The van der Waals surface area contributed by atoms with Gasteiger partial charge in [-0.1, -0.05) is 11.6 Å². The van der Waals surface area contributed by atoms with Gasteiger partial charge in [-0.15, -0.1) is 0 Å². The molecule has 1 nitrogen and oxygen atoms in total. The lowest BCUT2D eigenvalue weighted by atomic mass is 10.3. The van der Waals surface area contributed by atoms with Gasteiger partial charge in [-0.05, 0) is 24.3 Å². The number of hydrogen-bond donors (Lipinski definition) is 0. The topological polar surface area (TPSA) is 9.23 Å². The second kappa shape index (κ2) is 3.58. The van der Waals surface area contributed by atoms with Crippen LogP contribution in [0.2, 0.25) is 5.02 Å². The average Bonchev–Trinajstić information content (AvgIpc) is 2.87. The van der Waals surface area contributed by atoms with Gasteiger partial charge in [0.15, 0.2) is 0 Å². The molecule has 1 aromatic carbocycles. The van der Waals surface area contributed by atoms with E-state index in [9.17, 15) is 0 Å². The third-order valence-corrected chi connectivity index (χ3v) is 2.84. The van der Waals surface area contributed by atoms with E-state index in [-0.39, 0.29) is 0 Å².